The molecule has 214 valence electrons. The Hall–Kier alpha value is -3.41. The summed E-state index contributed by atoms with van der Waals surface area (Å²) in [4.78, 5) is 26.2. The van der Waals surface area contributed by atoms with Gasteiger partial charge in [-0.05, 0) is 65.1 Å². The molecule has 1 amide bonds. The molecule has 2 aromatic carbocycles. The monoisotopic (exact) mass is 586 g/mol. The Morgan fingerprint density at radius 2 is 1.70 bits per heavy atom. The van der Waals surface area contributed by atoms with Crippen LogP contribution in [0.15, 0.2) is 53.6 Å². The van der Waals surface area contributed by atoms with E-state index < -0.39 is 15.1 Å². The van der Waals surface area contributed by atoms with Crippen molar-refractivity contribution in [1.82, 2.24) is 19.8 Å². The minimum absolute atomic E-state index is 0.0606. The molecule has 1 fully saturated rings. The summed E-state index contributed by atoms with van der Waals surface area (Å²) in [5.41, 5.74) is 1.39. The third-order valence-corrected chi connectivity index (χ3v) is 8.92. The van der Waals surface area contributed by atoms with Crippen molar-refractivity contribution in [3.05, 3.63) is 59.2 Å². The van der Waals surface area contributed by atoms with Gasteiger partial charge in [-0.3, -0.25) is 4.79 Å². The maximum absolute atomic E-state index is 13.2. The van der Waals surface area contributed by atoms with Crippen LogP contribution in [0.3, 0.4) is 0 Å². The van der Waals surface area contributed by atoms with Crippen molar-refractivity contribution in [3.8, 4) is 5.75 Å². The number of hydrogen-bond donors (Lipinski definition) is 2. The third kappa shape index (κ3) is 6.83. The fraction of sp³-hybridized carbons (Fsp3) is 0.393. The van der Waals surface area contributed by atoms with Crippen molar-refractivity contribution in [1.29, 1.82) is 0 Å². The van der Waals surface area contributed by atoms with Gasteiger partial charge < -0.3 is 25.2 Å². The molecule has 0 atom stereocenters. The summed E-state index contributed by atoms with van der Waals surface area (Å²) < 4.78 is 31.8. The van der Waals surface area contributed by atoms with Crippen LogP contribution in [-0.2, 0) is 9.84 Å². The Morgan fingerprint density at radius 3 is 2.38 bits per heavy atom. The summed E-state index contributed by atoms with van der Waals surface area (Å²) >= 11 is 6.40. The summed E-state index contributed by atoms with van der Waals surface area (Å²) in [6.45, 7) is 10.0. The zero-order valence-corrected chi connectivity index (χ0v) is 24.9. The van der Waals surface area contributed by atoms with Gasteiger partial charge >= 0.3 is 0 Å². The number of likely N-dealkylation sites (N-methyl/N-ethyl adjacent to an activating group) is 1. The first-order valence-electron chi connectivity index (χ1n) is 13.1. The predicted octanol–water partition coefficient (Wildman–Crippen LogP) is 4.97. The van der Waals surface area contributed by atoms with E-state index in [0.29, 0.717) is 35.8 Å². The highest BCUT2D eigenvalue weighted by molar-refractivity contribution is 7.92. The molecule has 0 unspecified atom stereocenters. The molecule has 4 rings (SSSR count). The lowest BCUT2D eigenvalue weighted by atomic mass is 10.1. The summed E-state index contributed by atoms with van der Waals surface area (Å²) in [7, 11) is -1.52. The number of carbonyl (C=O) groups is 1. The van der Waals surface area contributed by atoms with Gasteiger partial charge in [0.15, 0.2) is 15.7 Å². The predicted molar refractivity (Wildman–Crippen MR) is 158 cm³/mol. The molecule has 10 nitrogen and oxygen atoms in total. The first-order chi connectivity index (χ1) is 19.0. The van der Waals surface area contributed by atoms with E-state index in [-0.39, 0.29) is 33.7 Å². The SMILES string of the molecule is CC(C)Oc1ccc(C(=O)N2CCN(C)CC2)cc1Nc1ncc(Cl)c(Nc2ccccc2S(=O)(=O)C(C)C)n1. The summed E-state index contributed by atoms with van der Waals surface area (Å²) in [6.07, 6.45) is 1.31. The number of nitrogens with one attached hydrogen (secondary N) is 2. The molecule has 3 aromatic rings. The quantitative estimate of drug-likeness (QED) is 0.358. The molecule has 2 N–H and O–H groups in total. The zero-order chi connectivity index (χ0) is 29.0. The Morgan fingerprint density at radius 1 is 1.00 bits per heavy atom. The van der Waals surface area contributed by atoms with Gasteiger partial charge in [0, 0.05) is 31.7 Å². The number of amides is 1. The molecule has 0 bridgehead atoms. The van der Waals surface area contributed by atoms with Crippen molar-refractivity contribution < 1.29 is 17.9 Å². The van der Waals surface area contributed by atoms with Crippen molar-refractivity contribution in [2.45, 2.75) is 43.9 Å². The van der Waals surface area contributed by atoms with Crippen LogP contribution in [0.4, 0.5) is 23.1 Å². The van der Waals surface area contributed by atoms with E-state index in [1.54, 1.807) is 56.3 Å². The number of sulfone groups is 1. The van der Waals surface area contributed by atoms with Gasteiger partial charge in [-0.1, -0.05) is 23.7 Å². The van der Waals surface area contributed by atoms with Crippen molar-refractivity contribution >= 4 is 50.5 Å². The third-order valence-electron chi connectivity index (χ3n) is 6.44. The number of hydrogen-bond acceptors (Lipinski definition) is 9. The number of benzene rings is 2. The molecule has 0 saturated carbocycles. The van der Waals surface area contributed by atoms with Crippen molar-refractivity contribution in [2.24, 2.45) is 0 Å². The van der Waals surface area contributed by atoms with E-state index in [2.05, 4.69) is 25.5 Å². The molecule has 40 heavy (non-hydrogen) atoms. The maximum atomic E-state index is 13.2. The highest BCUT2D eigenvalue weighted by atomic mass is 35.5. The van der Waals surface area contributed by atoms with Crippen LogP contribution < -0.4 is 15.4 Å². The van der Waals surface area contributed by atoms with Crippen LogP contribution in [0, 0.1) is 0 Å². The van der Waals surface area contributed by atoms with Gasteiger partial charge in [-0.15, -0.1) is 0 Å². The van der Waals surface area contributed by atoms with Gasteiger partial charge in [0.1, 0.15) is 10.8 Å². The summed E-state index contributed by atoms with van der Waals surface area (Å²) in [5.74, 6) is 0.886. The second kappa shape index (κ2) is 12.4. The van der Waals surface area contributed by atoms with E-state index >= 15 is 0 Å². The van der Waals surface area contributed by atoms with Crippen LogP contribution in [0.2, 0.25) is 5.02 Å². The molecule has 0 radical (unpaired) electrons. The molecule has 1 aliphatic rings. The van der Waals surface area contributed by atoms with Gasteiger partial charge in [0.25, 0.3) is 5.91 Å². The molecule has 1 saturated heterocycles. The van der Waals surface area contributed by atoms with Crippen molar-refractivity contribution in [3.63, 3.8) is 0 Å². The second-order valence-corrected chi connectivity index (χ2v) is 13.1. The zero-order valence-electron chi connectivity index (χ0n) is 23.3. The molecule has 0 aliphatic carbocycles. The standard InChI is InChI=1S/C28H35ClN6O4S/c1-18(2)39-24-11-10-20(27(36)35-14-12-34(5)13-15-35)16-23(24)32-28-30-17-21(29)26(33-28)31-22-8-6-7-9-25(22)40(37,38)19(3)4/h6-11,16-19H,12-15H2,1-5H3,(H2,30,31,32,33). The van der Waals surface area contributed by atoms with Crippen LogP contribution in [0.5, 0.6) is 5.75 Å². The first kappa shape index (κ1) is 29.6. The lowest BCUT2D eigenvalue weighted by Gasteiger charge is -2.32. The number of nitrogens with zero attached hydrogens (tertiary/aromatic N) is 4. The fourth-order valence-electron chi connectivity index (χ4n) is 4.14. The van der Waals surface area contributed by atoms with Gasteiger partial charge in [-0.2, -0.15) is 4.98 Å². The highest BCUT2D eigenvalue weighted by Crippen LogP contribution is 2.33. The van der Waals surface area contributed by atoms with Crippen LogP contribution in [0.1, 0.15) is 38.1 Å². The smallest absolute Gasteiger partial charge is 0.254 e. The largest absolute Gasteiger partial charge is 0.489 e. The number of anilines is 4. The topological polar surface area (TPSA) is 117 Å². The minimum atomic E-state index is -3.56. The van der Waals surface area contributed by atoms with Crippen LogP contribution in [0.25, 0.3) is 0 Å². The lowest BCUT2D eigenvalue weighted by Crippen LogP contribution is -2.47. The highest BCUT2D eigenvalue weighted by Gasteiger charge is 2.24. The Bertz CT molecular complexity index is 1470. The molecule has 0 spiro atoms. The Labute approximate surface area is 240 Å². The molecule has 12 heteroatoms. The van der Waals surface area contributed by atoms with Crippen LogP contribution >= 0.6 is 11.6 Å². The summed E-state index contributed by atoms with van der Waals surface area (Å²) in [6, 6.07) is 11.8. The Balaban J connectivity index is 1.64. The van der Waals surface area contributed by atoms with Crippen LogP contribution in [-0.4, -0.2) is 78.7 Å². The number of piperazine rings is 1. The van der Waals surface area contributed by atoms with Gasteiger partial charge in [-0.25, -0.2) is 13.4 Å². The van der Waals surface area contributed by atoms with Gasteiger partial charge in [0.05, 0.1) is 33.8 Å². The second-order valence-electron chi connectivity index (χ2n) is 10.2. The first-order valence-corrected chi connectivity index (χ1v) is 15.1. The van der Waals surface area contributed by atoms with E-state index in [9.17, 15) is 13.2 Å². The summed E-state index contributed by atoms with van der Waals surface area (Å²) in [5, 5.41) is 5.81. The number of rotatable bonds is 9. The number of halogens is 1. The molecule has 2 heterocycles. The molecule has 1 aromatic heterocycles. The molecular weight excluding hydrogens is 552 g/mol. The van der Waals surface area contributed by atoms with Gasteiger partial charge in [0.2, 0.25) is 5.95 Å². The Kier molecular flexibility index (Phi) is 9.17. The molecule has 1 aliphatic heterocycles. The number of ether oxygens (including phenoxy) is 1. The van der Waals surface area contributed by atoms with Crippen molar-refractivity contribution in [2.75, 3.05) is 43.9 Å². The number of aromatic nitrogens is 2. The van der Waals surface area contributed by atoms with E-state index in [1.807, 2.05) is 25.8 Å². The van der Waals surface area contributed by atoms with E-state index in [1.165, 1.54) is 6.20 Å². The minimum Gasteiger partial charge on any atom is -0.489 e. The molecular formula is C28H35ClN6O4S. The number of carbonyl (C=O) groups excluding carboxylic acids is 1. The number of para-hydroxylation sites is 1. The van der Waals surface area contributed by atoms with E-state index in [4.69, 9.17) is 16.3 Å². The average Bonchev–Trinajstić information content (AvgIpc) is 2.91. The maximum Gasteiger partial charge on any atom is 0.254 e. The lowest BCUT2D eigenvalue weighted by molar-refractivity contribution is 0.0664. The van der Waals surface area contributed by atoms with E-state index in [0.717, 1.165) is 13.1 Å². The normalized spacial score (nSPS) is 14.4. The average molecular weight is 587 g/mol. The fourth-order valence-corrected chi connectivity index (χ4v) is 5.48.